The molecule has 0 nitrogen and oxygen atoms in total. The van der Waals surface area contributed by atoms with E-state index in [1.165, 1.54) is 5.70 Å². The van der Waals surface area contributed by atoms with Crippen LogP contribution in [0.4, 0.5) is 0 Å². The first-order valence-corrected chi connectivity index (χ1v) is 43.3. The van der Waals surface area contributed by atoms with Crippen molar-refractivity contribution in [3.63, 3.8) is 0 Å². The lowest BCUT2D eigenvalue weighted by Crippen LogP contribution is -2.49. The Morgan fingerprint density at radius 2 is 1.08 bits per heavy atom. The van der Waals surface area contributed by atoms with E-state index in [0.717, 1.165) is 0 Å². The molecule has 2 unspecified atom stereocenters. The fourth-order valence-electron chi connectivity index (χ4n) is 2.33. The van der Waals surface area contributed by atoms with Crippen LogP contribution in [0.3, 0.4) is 0 Å². The van der Waals surface area contributed by atoms with E-state index in [4.69, 9.17) is 211 Å². The normalized spacial score (nSPS) is 21.9. The summed E-state index contributed by atoms with van der Waals surface area (Å²) in [6, 6.07) is -9.92. The fourth-order valence-corrected chi connectivity index (χ4v) is 51.9. The van der Waals surface area contributed by atoms with Gasteiger partial charge in [-0.05, 0) is 17.6 Å². The van der Waals surface area contributed by atoms with Crippen LogP contribution in [0.25, 0.3) is 0 Å². The Morgan fingerprint density at radius 1 is 0.778 bits per heavy atom. The van der Waals surface area contributed by atoms with Gasteiger partial charge >= 0.3 is 30.7 Å². The van der Waals surface area contributed by atoms with Crippen LogP contribution in [-0.2, 0) is 0 Å². The highest BCUT2D eigenvalue weighted by atomic mass is 35.9. The molecule has 1 saturated heterocycles. The van der Waals surface area contributed by atoms with Crippen LogP contribution >= 0.6 is 211 Å². The summed E-state index contributed by atoms with van der Waals surface area (Å²) >= 11 is 108. The summed E-state index contributed by atoms with van der Waals surface area (Å²) in [6.45, 7) is 0.517. The molecule has 36 heavy (non-hydrogen) atoms. The second-order valence-corrected chi connectivity index (χ2v) is 64.6. The van der Waals surface area contributed by atoms with Gasteiger partial charge in [0, 0.05) is 10.3 Å². The monoisotopic (exact) mass is 999 g/mol. The van der Waals surface area contributed by atoms with Crippen LogP contribution in [0, 0.1) is 0 Å². The number of rotatable bonds is 5. The van der Waals surface area contributed by atoms with Crippen LogP contribution < -0.4 is 0 Å². The molecule has 0 spiro atoms. The molecule has 1 heterocycles. The Bertz CT molecular complexity index is 607. The lowest BCUT2D eigenvalue weighted by molar-refractivity contribution is 0.960. The van der Waals surface area contributed by atoms with E-state index in [0.29, 0.717) is 18.5 Å². The van der Waals surface area contributed by atoms with Crippen molar-refractivity contribution in [3.05, 3.63) is 12.3 Å². The van der Waals surface area contributed by atoms with Crippen molar-refractivity contribution < 1.29 is 0 Å². The van der Waals surface area contributed by atoms with Crippen LogP contribution in [-0.4, -0.2) is 44.1 Å². The Balaban J connectivity index is -0.000000454. The summed E-state index contributed by atoms with van der Waals surface area (Å²) in [5.41, 5.74) is 1.54. The minimum Gasteiger partial charge on any atom is -0.146 e. The molecule has 0 radical (unpaired) electrons. The smallest absolute Gasteiger partial charge is 0.146 e. The number of hydrogen-bond donors (Lipinski definition) is 0. The topological polar surface area (TPSA) is 0 Å². The van der Waals surface area contributed by atoms with E-state index in [9.17, 15) is 0 Å². The van der Waals surface area contributed by atoms with Gasteiger partial charge in [0.15, 0.2) is 0 Å². The van der Waals surface area contributed by atoms with Gasteiger partial charge in [-0.3, -0.25) is 0 Å². The second-order valence-electron chi connectivity index (χ2n) is 6.96. The molecule has 1 aliphatic heterocycles. The zero-order valence-corrected chi connectivity index (χ0v) is 39.4. The van der Waals surface area contributed by atoms with Crippen molar-refractivity contribution >= 4 is 255 Å². The third kappa shape index (κ3) is 24.1. The minimum atomic E-state index is -2.93. The van der Waals surface area contributed by atoms with E-state index in [2.05, 4.69) is 6.58 Å². The molecule has 1 aliphatic rings. The first kappa shape index (κ1) is 47.2. The molecule has 0 aromatic heterocycles. The first-order chi connectivity index (χ1) is 15.5. The van der Waals surface area contributed by atoms with Crippen molar-refractivity contribution in [2.24, 2.45) is 0 Å². The summed E-state index contributed by atoms with van der Waals surface area (Å²) in [5, 5.41) is -0.568. The SMILES string of the molecule is C=C[Si](Cl)(Cl)Cl.CC1C[Si](Cl)(Cl)C([Si](Cl)(Cl)Cl)C[Si]1(Cl)Cl.CCC([Si](Cl)(Cl)Cl)[Si](Cl)(Cl)Cl.Cl[SiH](Cl)Cl. The largest absolute Gasteiger partial charge is 0.365 e. The maximum absolute atomic E-state index is 6.34. The molecule has 26 heteroatoms. The molecule has 0 aliphatic carbocycles. The first-order valence-electron chi connectivity index (χ1n) is 9.03. The Hall–Kier alpha value is 6.77. The van der Waals surface area contributed by atoms with Crippen LogP contribution in [0.15, 0.2) is 12.3 Å². The Labute approximate surface area is 310 Å². The molecule has 1 fully saturated rings. The zero-order valence-electron chi connectivity index (χ0n) is 17.9. The van der Waals surface area contributed by atoms with E-state index < -0.39 is 44.1 Å². The average Bonchev–Trinajstić information content (AvgIpc) is 2.55. The number of hydrogen-bond acceptors (Lipinski definition) is 0. The summed E-state index contributed by atoms with van der Waals surface area (Å²) in [5.74, 6) is 0. The fraction of sp³-hybridized carbons (Fsp3) is 0.800. The van der Waals surface area contributed by atoms with E-state index in [-0.39, 0.29) is 15.9 Å². The molecule has 2 atom stereocenters. The predicted molar refractivity (Wildman–Crippen MR) is 200 cm³/mol. The Kier molecular flexibility index (Phi) is 26.3. The van der Waals surface area contributed by atoms with Crippen molar-refractivity contribution in [2.45, 2.75) is 48.2 Å². The molecule has 220 valence electrons. The predicted octanol–water partition coefficient (Wildman–Crippen LogP) is 14.2. The summed E-state index contributed by atoms with van der Waals surface area (Å²) < 4.78 is 0. The van der Waals surface area contributed by atoms with Crippen LogP contribution in [0.5, 0.6) is 0 Å². The maximum atomic E-state index is 6.34. The van der Waals surface area contributed by atoms with E-state index in [1.54, 1.807) is 0 Å². The summed E-state index contributed by atoms with van der Waals surface area (Å²) in [4.78, 5) is 0. The molecular weight excluding hydrogens is 990 g/mol. The highest BCUT2D eigenvalue weighted by Gasteiger charge is 2.61. The Morgan fingerprint density at radius 3 is 1.25 bits per heavy atom. The second kappa shape index (κ2) is 20.1. The third-order valence-corrected chi connectivity index (χ3v) is 39.8. The maximum Gasteiger partial charge on any atom is 0.365 e. The van der Waals surface area contributed by atoms with Gasteiger partial charge in [-0.2, -0.15) is 0 Å². The van der Waals surface area contributed by atoms with Gasteiger partial charge in [0.25, 0.3) is 13.4 Å². The highest BCUT2D eigenvalue weighted by Crippen LogP contribution is 2.60. The molecule has 0 aromatic carbocycles. The average molecular weight is 1010 g/mol. The lowest BCUT2D eigenvalue weighted by atomic mass is 10.5. The van der Waals surface area contributed by atoms with Gasteiger partial charge in [0.1, 0.15) is 0 Å². The molecule has 0 aromatic rings. The van der Waals surface area contributed by atoms with Gasteiger partial charge in [0.05, 0.1) is 0 Å². The third-order valence-electron chi connectivity index (χ3n) is 4.11. The van der Waals surface area contributed by atoms with E-state index in [1.807, 2.05) is 13.8 Å². The minimum absolute atomic E-state index is 0.167. The molecule has 0 amide bonds. The molecule has 0 N–H and O–H groups in total. The highest BCUT2D eigenvalue weighted by molar-refractivity contribution is 7.76. The van der Waals surface area contributed by atoms with E-state index >= 15 is 0 Å². The van der Waals surface area contributed by atoms with Crippen molar-refractivity contribution in [1.82, 2.24) is 0 Å². The van der Waals surface area contributed by atoms with Crippen LogP contribution in [0.2, 0.25) is 28.0 Å². The number of halogens is 19. The summed E-state index contributed by atoms with van der Waals surface area (Å²) in [7, 11) is 0. The van der Waals surface area contributed by atoms with Crippen molar-refractivity contribution in [1.29, 1.82) is 0 Å². The van der Waals surface area contributed by atoms with Gasteiger partial charge in [-0.1, -0.05) is 26.0 Å². The summed E-state index contributed by atoms with van der Waals surface area (Å²) in [6.07, 6.45) is 0.617. The molecule has 0 bridgehead atoms. The molecule has 1 rings (SSSR count). The standard InChI is InChI=1S/C5H9Cl7Si3.C3H6Cl6Si2.C2H3Cl3Si.Cl3HSi/c1-4-2-14(8,9)5(15(10,11)12)3-13(4,6)7;1-2-3(10(4,5)6)11(7,8)9;1-2-6(3,4)5;1-4(2)3/h4-5H,2-3H2,1H3;3H,2H2,1H3;2H,1H2;4H. The molecule has 0 saturated carbocycles. The van der Waals surface area contributed by atoms with Gasteiger partial charge < -0.3 is 0 Å². The van der Waals surface area contributed by atoms with Gasteiger partial charge in [-0.25, -0.2) is 0 Å². The van der Waals surface area contributed by atoms with Crippen molar-refractivity contribution in [2.75, 3.05) is 0 Å². The molecular formula is C10H19Cl19Si7. The van der Waals surface area contributed by atoms with Gasteiger partial charge in [0.2, 0.25) is 0 Å². The van der Waals surface area contributed by atoms with Gasteiger partial charge in [-0.15, -0.1) is 217 Å². The van der Waals surface area contributed by atoms with Crippen LogP contribution in [0.1, 0.15) is 20.3 Å². The van der Waals surface area contributed by atoms with Crippen molar-refractivity contribution in [3.8, 4) is 0 Å². The lowest BCUT2D eigenvalue weighted by Gasteiger charge is -2.43. The quantitative estimate of drug-likeness (QED) is 0.190. The zero-order chi connectivity index (χ0) is 30.1.